The van der Waals surface area contributed by atoms with Crippen molar-refractivity contribution in [2.24, 2.45) is 5.73 Å². The first-order valence-corrected chi connectivity index (χ1v) is 7.15. The highest BCUT2D eigenvalue weighted by Crippen LogP contribution is 2.05. The van der Waals surface area contributed by atoms with Crippen LogP contribution in [0.1, 0.15) is 22.8 Å². The Hall–Kier alpha value is -1.20. The maximum Gasteiger partial charge on any atom is 0.251 e. The quantitative estimate of drug-likeness (QED) is 0.810. The van der Waals surface area contributed by atoms with Crippen LogP contribution in [0.4, 0.5) is 0 Å². The SMILES string of the molecule is CC(CS(C)=O)NC(=O)c1cccc(CN)c1. The normalized spacial score (nSPS) is 14.1. The molecule has 4 nitrogen and oxygen atoms in total. The molecule has 0 fully saturated rings. The van der Waals surface area contributed by atoms with Crippen LogP contribution in [0.3, 0.4) is 0 Å². The fraction of sp³-hybridized carbons (Fsp3) is 0.417. The largest absolute Gasteiger partial charge is 0.349 e. The van der Waals surface area contributed by atoms with Crippen molar-refractivity contribution in [2.45, 2.75) is 19.5 Å². The summed E-state index contributed by atoms with van der Waals surface area (Å²) >= 11 is 0. The van der Waals surface area contributed by atoms with Gasteiger partial charge >= 0.3 is 0 Å². The molecule has 0 heterocycles. The average Bonchev–Trinajstić information content (AvgIpc) is 2.27. The zero-order valence-corrected chi connectivity index (χ0v) is 10.9. The molecule has 0 radical (unpaired) electrons. The topological polar surface area (TPSA) is 72.2 Å². The van der Waals surface area contributed by atoms with E-state index in [1.807, 2.05) is 13.0 Å². The van der Waals surface area contributed by atoms with Crippen LogP contribution in [0.2, 0.25) is 0 Å². The molecule has 0 aliphatic carbocycles. The third-order valence-corrected chi connectivity index (χ3v) is 3.26. The molecule has 2 unspecified atom stereocenters. The minimum atomic E-state index is -0.909. The van der Waals surface area contributed by atoms with Gasteiger partial charge in [0, 0.05) is 41.0 Å². The minimum absolute atomic E-state index is 0.102. The van der Waals surface area contributed by atoms with Crippen molar-refractivity contribution in [2.75, 3.05) is 12.0 Å². The van der Waals surface area contributed by atoms with Gasteiger partial charge in [-0.05, 0) is 24.6 Å². The van der Waals surface area contributed by atoms with Crippen LogP contribution in [-0.4, -0.2) is 28.2 Å². The van der Waals surface area contributed by atoms with Crippen molar-refractivity contribution in [1.82, 2.24) is 5.32 Å². The molecule has 1 amide bonds. The molecule has 1 rings (SSSR count). The second kappa shape index (κ2) is 6.51. The highest BCUT2D eigenvalue weighted by molar-refractivity contribution is 7.84. The van der Waals surface area contributed by atoms with E-state index in [-0.39, 0.29) is 11.9 Å². The van der Waals surface area contributed by atoms with Crippen molar-refractivity contribution >= 4 is 16.7 Å². The van der Waals surface area contributed by atoms with E-state index in [0.29, 0.717) is 17.9 Å². The maximum atomic E-state index is 11.9. The molecule has 94 valence electrons. The highest BCUT2D eigenvalue weighted by atomic mass is 32.2. The van der Waals surface area contributed by atoms with Crippen LogP contribution in [0.5, 0.6) is 0 Å². The van der Waals surface area contributed by atoms with Gasteiger partial charge in [-0.1, -0.05) is 12.1 Å². The molecule has 0 saturated heterocycles. The van der Waals surface area contributed by atoms with E-state index >= 15 is 0 Å². The van der Waals surface area contributed by atoms with Crippen molar-refractivity contribution in [1.29, 1.82) is 0 Å². The lowest BCUT2D eigenvalue weighted by atomic mass is 10.1. The molecule has 1 aromatic carbocycles. The molecular formula is C12H18N2O2S. The summed E-state index contributed by atoms with van der Waals surface area (Å²) in [5, 5.41) is 2.81. The van der Waals surface area contributed by atoms with Crippen LogP contribution in [0, 0.1) is 0 Å². The number of hydrogen-bond acceptors (Lipinski definition) is 3. The Bertz CT molecular complexity index is 421. The van der Waals surface area contributed by atoms with Crippen LogP contribution in [-0.2, 0) is 17.3 Å². The first-order chi connectivity index (χ1) is 8.02. The van der Waals surface area contributed by atoms with Gasteiger partial charge in [0.2, 0.25) is 0 Å². The van der Waals surface area contributed by atoms with E-state index < -0.39 is 10.8 Å². The molecule has 0 spiro atoms. The summed E-state index contributed by atoms with van der Waals surface area (Å²) in [4.78, 5) is 11.9. The number of carbonyl (C=O) groups is 1. The molecule has 1 aromatic rings. The Morgan fingerprint density at radius 2 is 2.24 bits per heavy atom. The zero-order chi connectivity index (χ0) is 12.8. The Labute approximate surface area is 104 Å². The number of carbonyl (C=O) groups excluding carboxylic acids is 1. The summed E-state index contributed by atoms with van der Waals surface area (Å²) in [7, 11) is -0.909. The number of nitrogens with two attached hydrogens (primary N) is 1. The van der Waals surface area contributed by atoms with E-state index in [2.05, 4.69) is 5.32 Å². The minimum Gasteiger partial charge on any atom is -0.349 e. The Kier molecular flexibility index (Phi) is 5.31. The van der Waals surface area contributed by atoms with Crippen LogP contribution >= 0.6 is 0 Å². The molecule has 17 heavy (non-hydrogen) atoms. The number of hydrogen-bond donors (Lipinski definition) is 2. The monoisotopic (exact) mass is 254 g/mol. The van der Waals surface area contributed by atoms with E-state index in [1.165, 1.54) is 0 Å². The fourth-order valence-electron chi connectivity index (χ4n) is 1.54. The summed E-state index contributed by atoms with van der Waals surface area (Å²) in [5.74, 6) is 0.306. The van der Waals surface area contributed by atoms with Crippen molar-refractivity contribution in [3.05, 3.63) is 35.4 Å². The molecule has 0 aliphatic heterocycles. The molecule has 5 heteroatoms. The number of rotatable bonds is 5. The molecule has 0 aromatic heterocycles. The first-order valence-electron chi connectivity index (χ1n) is 5.43. The Morgan fingerprint density at radius 1 is 1.53 bits per heavy atom. The summed E-state index contributed by atoms with van der Waals surface area (Å²) < 4.78 is 11.0. The highest BCUT2D eigenvalue weighted by Gasteiger charge is 2.10. The van der Waals surface area contributed by atoms with E-state index in [0.717, 1.165) is 5.56 Å². The Balaban J connectivity index is 2.66. The van der Waals surface area contributed by atoms with Gasteiger partial charge in [0.05, 0.1) is 0 Å². The third-order valence-electron chi connectivity index (χ3n) is 2.29. The number of amides is 1. The summed E-state index contributed by atoms with van der Waals surface area (Å²) in [5.41, 5.74) is 7.02. The maximum absolute atomic E-state index is 11.9. The number of benzene rings is 1. The van der Waals surface area contributed by atoms with Gasteiger partial charge in [-0.3, -0.25) is 9.00 Å². The molecular weight excluding hydrogens is 236 g/mol. The molecule has 0 aliphatic rings. The number of nitrogens with one attached hydrogen (secondary N) is 1. The second-order valence-corrected chi connectivity index (χ2v) is 5.50. The van der Waals surface area contributed by atoms with Crippen molar-refractivity contribution in [3.63, 3.8) is 0 Å². The van der Waals surface area contributed by atoms with Crippen LogP contribution in [0.25, 0.3) is 0 Å². The zero-order valence-electron chi connectivity index (χ0n) is 10.1. The molecule has 3 N–H and O–H groups in total. The molecule has 0 bridgehead atoms. The molecule has 0 saturated carbocycles. The summed E-state index contributed by atoms with van der Waals surface area (Å²) in [6.45, 7) is 2.25. The Morgan fingerprint density at radius 3 is 2.82 bits per heavy atom. The van der Waals surface area contributed by atoms with Gasteiger partial charge in [0.25, 0.3) is 5.91 Å². The predicted octanol–water partition coefficient (Wildman–Crippen LogP) is 0.642. The van der Waals surface area contributed by atoms with Gasteiger partial charge in [0.1, 0.15) is 0 Å². The lowest BCUT2D eigenvalue weighted by Gasteiger charge is -2.12. The molecule has 2 atom stereocenters. The summed E-state index contributed by atoms with van der Waals surface area (Å²) in [6, 6.07) is 7.09. The van der Waals surface area contributed by atoms with E-state index in [1.54, 1.807) is 24.5 Å². The van der Waals surface area contributed by atoms with Gasteiger partial charge < -0.3 is 11.1 Å². The van der Waals surface area contributed by atoms with E-state index in [9.17, 15) is 9.00 Å². The van der Waals surface area contributed by atoms with E-state index in [4.69, 9.17) is 5.73 Å². The second-order valence-electron chi connectivity index (χ2n) is 4.02. The van der Waals surface area contributed by atoms with Crippen LogP contribution < -0.4 is 11.1 Å². The third kappa shape index (κ3) is 4.66. The predicted molar refractivity (Wildman–Crippen MR) is 70.2 cm³/mol. The standard InChI is InChI=1S/C12H18N2O2S/c1-9(8-17(2)16)14-12(15)11-5-3-4-10(6-11)7-13/h3-6,9H,7-8,13H2,1-2H3,(H,14,15). The lowest BCUT2D eigenvalue weighted by Crippen LogP contribution is -2.36. The average molecular weight is 254 g/mol. The van der Waals surface area contributed by atoms with Crippen molar-refractivity contribution in [3.8, 4) is 0 Å². The lowest BCUT2D eigenvalue weighted by molar-refractivity contribution is 0.0943. The van der Waals surface area contributed by atoms with Gasteiger partial charge in [-0.15, -0.1) is 0 Å². The van der Waals surface area contributed by atoms with Crippen LogP contribution in [0.15, 0.2) is 24.3 Å². The fourth-order valence-corrected chi connectivity index (χ4v) is 2.33. The van der Waals surface area contributed by atoms with Gasteiger partial charge in [0.15, 0.2) is 0 Å². The van der Waals surface area contributed by atoms with Gasteiger partial charge in [-0.25, -0.2) is 0 Å². The smallest absolute Gasteiger partial charge is 0.251 e. The van der Waals surface area contributed by atoms with Gasteiger partial charge in [-0.2, -0.15) is 0 Å². The summed E-state index contributed by atoms with van der Waals surface area (Å²) in [6.07, 6.45) is 1.62. The van der Waals surface area contributed by atoms with Crippen molar-refractivity contribution < 1.29 is 9.00 Å². The first kappa shape index (κ1) is 13.9.